The van der Waals surface area contributed by atoms with Crippen LogP contribution in [0.4, 0.5) is 4.39 Å². The molecule has 0 aliphatic carbocycles. The van der Waals surface area contributed by atoms with Crippen molar-refractivity contribution in [2.45, 2.75) is 12.5 Å². The Morgan fingerprint density at radius 3 is 2.90 bits per heavy atom. The standard InChI is InChI=1S/C15H19FN4/c1-19-10-11(9-17)7-15(19)12-3-4-14(13(16)8-12)20-6-2-5-18-20/h2-6,8,11,15H,7,9-10,17H2,1H3. The van der Waals surface area contributed by atoms with E-state index in [0.717, 1.165) is 18.5 Å². The van der Waals surface area contributed by atoms with Crippen LogP contribution >= 0.6 is 0 Å². The van der Waals surface area contributed by atoms with Gasteiger partial charge in [0.15, 0.2) is 0 Å². The van der Waals surface area contributed by atoms with E-state index in [1.807, 2.05) is 6.07 Å². The zero-order chi connectivity index (χ0) is 14.1. The molecule has 2 N–H and O–H groups in total. The SMILES string of the molecule is CN1CC(CN)CC1c1ccc(-n2cccn2)c(F)c1. The highest BCUT2D eigenvalue weighted by Crippen LogP contribution is 2.34. The van der Waals surface area contributed by atoms with Gasteiger partial charge in [0.2, 0.25) is 0 Å². The Morgan fingerprint density at radius 1 is 1.45 bits per heavy atom. The lowest BCUT2D eigenvalue weighted by molar-refractivity contribution is 0.313. The average molecular weight is 274 g/mol. The summed E-state index contributed by atoms with van der Waals surface area (Å²) in [5, 5.41) is 4.06. The first-order valence-corrected chi connectivity index (χ1v) is 6.89. The fraction of sp³-hybridized carbons (Fsp3) is 0.400. The third-order valence-electron chi connectivity index (χ3n) is 4.08. The highest BCUT2D eigenvalue weighted by molar-refractivity contribution is 5.37. The van der Waals surface area contributed by atoms with Crippen molar-refractivity contribution >= 4 is 0 Å². The van der Waals surface area contributed by atoms with Crippen molar-refractivity contribution in [1.82, 2.24) is 14.7 Å². The first kappa shape index (κ1) is 13.3. The molecular formula is C15H19FN4. The second kappa shape index (κ2) is 5.34. The molecule has 4 nitrogen and oxygen atoms in total. The summed E-state index contributed by atoms with van der Waals surface area (Å²) in [6, 6.07) is 7.44. The predicted octanol–water partition coefficient (Wildman–Crippen LogP) is 1.96. The van der Waals surface area contributed by atoms with E-state index >= 15 is 0 Å². The van der Waals surface area contributed by atoms with Crippen molar-refractivity contribution in [3.8, 4) is 5.69 Å². The molecule has 2 unspecified atom stereocenters. The molecule has 2 heterocycles. The zero-order valence-electron chi connectivity index (χ0n) is 11.5. The van der Waals surface area contributed by atoms with Crippen LogP contribution in [-0.4, -0.2) is 34.8 Å². The van der Waals surface area contributed by atoms with Gasteiger partial charge in [-0.05, 0) is 49.7 Å². The van der Waals surface area contributed by atoms with Crippen LogP contribution < -0.4 is 5.73 Å². The summed E-state index contributed by atoms with van der Waals surface area (Å²) >= 11 is 0. The Kier molecular flexibility index (Phi) is 3.54. The summed E-state index contributed by atoms with van der Waals surface area (Å²) in [6.07, 6.45) is 4.38. The fourth-order valence-electron chi connectivity index (χ4n) is 2.99. The van der Waals surface area contributed by atoms with E-state index in [2.05, 4.69) is 17.0 Å². The predicted molar refractivity (Wildman–Crippen MR) is 76.1 cm³/mol. The first-order chi connectivity index (χ1) is 9.69. The van der Waals surface area contributed by atoms with Crippen LogP contribution in [0.5, 0.6) is 0 Å². The van der Waals surface area contributed by atoms with Crippen LogP contribution in [0.15, 0.2) is 36.7 Å². The Bertz CT molecular complexity index is 582. The molecule has 0 saturated carbocycles. The van der Waals surface area contributed by atoms with Gasteiger partial charge in [-0.25, -0.2) is 9.07 Å². The molecule has 1 aliphatic heterocycles. The minimum atomic E-state index is -0.240. The van der Waals surface area contributed by atoms with Gasteiger partial charge in [0, 0.05) is 25.0 Å². The maximum Gasteiger partial charge on any atom is 0.149 e. The summed E-state index contributed by atoms with van der Waals surface area (Å²) in [5.41, 5.74) is 7.23. The van der Waals surface area contributed by atoms with Crippen molar-refractivity contribution in [1.29, 1.82) is 0 Å². The van der Waals surface area contributed by atoms with E-state index in [-0.39, 0.29) is 11.9 Å². The number of nitrogens with zero attached hydrogens (tertiary/aromatic N) is 3. The number of benzene rings is 1. The molecule has 0 amide bonds. The number of nitrogens with two attached hydrogens (primary N) is 1. The fourth-order valence-corrected chi connectivity index (χ4v) is 2.99. The maximum atomic E-state index is 14.3. The highest BCUT2D eigenvalue weighted by Gasteiger charge is 2.30. The number of aromatic nitrogens is 2. The van der Waals surface area contributed by atoms with Gasteiger partial charge < -0.3 is 5.73 Å². The van der Waals surface area contributed by atoms with Gasteiger partial charge in [-0.1, -0.05) is 6.07 Å². The molecule has 1 aliphatic rings. The Morgan fingerprint density at radius 2 is 2.30 bits per heavy atom. The number of rotatable bonds is 3. The van der Waals surface area contributed by atoms with E-state index in [1.165, 1.54) is 0 Å². The summed E-state index contributed by atoms with van der Waals surface area (Å²) in [4.78, 5) is 2.25. The number of hydrogen-bond acceptors (Lipinski definition) is 3. The minimum Gasteiger partial charge on any atom is -0.330 e. The second-order valence-electron chi connectivity index (χ2n) is 5.45. The molecule has 1 aromatic carbocycles. The summed E-state index contributed by atoms with van der Waals surface area (Å²) in [7, 11) is 2.07. The number of likely N-dealkylation sites (tertiary alicyclic amines) is 1. The molecule has 0 bridgehead atoms. The molecule has 106 valence electrons. The molecule has 1 aromatic heterocycles. The number of hydrogen-bond donors (Lipinski definition) is 1. The van der Waals surface area contributed by atoms with E-state index in [0.29, 0.717) is 18.2 Å². The smallest absolute Gasteiger partial charge is 0.149 e. The van der Waals surface area contributed by atoms with Crippen molar-refractivity contribution in [2.24, 2.45) is 11.7 Å². The lowest BCUT2D eigenvalue weighted by Gasteiger charge is -2.20. The van der Waals surface area contributed by atoms with Crippen LogP contribution in [0.2, 0.25) is 0 Å². The van der Waals surface area contributed by atoms with Crippen LogP contribution in [0.1, 0.15) is 18.0 Å². The molecule has 3 rings (SSSR count). The highest BCUT2D eigenvalue weighted by atomic mass is 19.1. The molecule has 5 heteroatoms. The van der Waals surface area contributed by atoms with E-state index in [9.17, 15) is 4.39 Å². The van der Waals surface area contributed by atoms with Crippen molar-refractivity contribution < 1.29 is 4.39 Å². The lowest BCUT2D eigenvalue weighted by atomic mass is 9.99. The van der Waals surface area contributed by atoms with E-state index in [1.54, 1.807) is 35.3 Å². The molecule has 0 spiro atoms. The maximum absolute atomic E-state index is 14.3. The summed E-state index contributed by atoms with van der Waals surface area (Å²) in [5.74, 6) is 0.259. The third-order valence-corrected chi connectivity index (χ3v) is 4.08. The normalized spacial score (nSPS) is 23.4. The third kappa shape index (κ3) is 2.34. The molecule has 2 aromatic rings. The lowest BCUT2D eigenvalue weighted by Crippen LogP contribution is -2.20. The molecule has 1 fully saturated rings. The van der Waals surface area contributed by atoms with Gasteiger partial charge in [0.1, 0.15) is 11.5 Å². The number of halogens is 1. The van der Waals surface area contributed by atoms with Crippen LogP contribution in [0.25, 0.3) is 5.69 Å². The summed E-state index contributed by atoms with van der Waals surface area (Å²) < 4.78 is 15.8. The molecule has 1 saturated heterocycles. The quantitative estimate of drug-likeness (QED) is 0.930. The van der Waals surface area contributed by atoms with Gasteiger partial charge in [-0.2, -0.15) is 5.10 Å². The van der Waals surface area contributed by atoms with Crippen molar-refractivity contribution in [3.63, 3.8) is 0 Å². The van der Waals surface area contributed by atoms with Crippen LogP contribution in [0, 0.1) is 11.7 Å². The van der Waals surface area contributed by atoms with Crippen molar-refractivity contribution in [3.05, 3.63) is 48.0 Å². The van der Waals surface area contributed by atoms with Gasteiger partial charge >= 0.3 is 0 Å². The van der Waals surface area contributed by atoms with Gasteiger partial charge in [-0.3, -0.25) is 4.90 Å². The van der Waals surface area contributed by atoms with E-state index in [4.69, 9.17) is 5.73 Å². The van der Waals surface area contributed by atoms with E-state index < -0.39 is 0 Å². The zero-order valence-corrected chi connectivity index (χ0v) is 11.5. The Hall–Kier alpha value is -1.72. The minimum absolute atomic E-state index is 0.240. The van der Waals surface area contributed by atoms with Gasteiger partial charge in [-0.15, -0.1) is 0 Å². The van der Waals surface area contributed by atoms with Gasteiger partial charge in [0.25, 0.3) is 0 Å². The topological polar surface area (TPSA) is 47.1 Å². The second-order valence-corrected chi connectivity index (χ2v) is 5.45. The molecule has 20 heavy (non-hydrogen) atoms. The molecule has 2 atom stereocenters. The van der Waals surface area contributed by atoms with Crippen LogP contribution in [-0.2, 0) is 0 Å². The monoisotopic (exact) mass is 274 g/mol. The average Bonchev–Trinajstić information content (AvgIpc) is 3.07. The van der Waals surface area contributed by atoms with Crippen LogP contribution in [0.3, 0.4) is 0 Å². The van der Waals surface area contributed by atoms with Gasteiger partial charge in [0.05, 0.1) is 0 Å². The molecular weight excluding hydrogens is 255 g/mol. The summed E-state index contributed by atoms with van der Waals surface area (Å²) in [6.45, 7) is 1.67. The largest absolute Gasteiger partial charge is 0.330 e. The Balaban J connectivity index is 1.88. The first-order valence-electron chi connectivity index (χ1n) is 6.89. The molecule has 0 radical (unpaired) electrons. The van der Waals surface area contributed by atoms with Crippen molar-refractivity contribution in [2.75, 3.05) is 20.1 Å². The Labute approximate surface area is 118 Å².